The van der Waals surface area contributed by atoms with Crippen LogP contribution in [0.5, 0.6) is 0 Å². The quantitative estimate of drug-likeness (QED) is 0.673. The van der Waals surface area contributed by atoms with Crippen LogP contribution in [0.15, 0.2) is 60.8 Å². The second kappa shape index (κ2) is 6.80. The first-order valence-electron chi connectivity index (χ1n) is 7.58. The van der Waals surface area contributed by atoms with Crippen LogP contribution in [0.1, 0.15) is 24.8 Å². The van der Waals surface area contributed by atoms with E-state index in [2.05, 4.69) is 47.6 Å². The zero-order valence-corrected chi connectivity index (χ0v) is 13.3. The average molecular weight is 311 g/mol. The third-order valence-corrected chi connectivity index (χ3v) is 4.31. The molecule has 3 aromatic rings. The molecule has 0 radical (unpaired) electrons. The third-order valence-electron chi connectivity index (χ3n) is 3.96. The molecule has 0 amide bonds. The van der Waals surface area contributed by atoms with Crippen molar-refractivity contribution in [3.05, 3.63) is 71.4 Å². The number of para-hydroxylation sites is 1. The van der Waals surface area contributed by atoms with Gasteiger partial charge in [0, 0.05) is 23.2 Å². The first-order chi connectivity index (χ1) is 10.8. The number of anilines is 1. The molecule has 0 aliphatic rings. The van der Waals surface area contributed by atoms with E-state index in [1.807, 2.05) is 30.5 Å². The number of benzene rings is 2. The van der Waals surface area contributed by atoms with Crippen LogP contribution in [0.2, 0.25) is 5.02 Å². The summed E-state index contributed by atoms with van der Waals surface area (Å²) in [5.41, 5.74) is 3.32. The van der Waals surface area contributed by atoms with E-state index in [9.17, 15) is 0 Å². The van der Waals surface area contributed by atoms with Gasteiger partial charge in [-0.2, -0.15) is 0 Å². The van der Waals surface area contributed by atoms with Crippen molar-refractivity contribution in [3.8, 4) is 0 Å². The zero-order valence-electron chi connectivity index (χ0n) is 12.6. The summed E-state index contributed by atoms with van der Waals surface area (Å²) in [4.78, 5) is 4.47. The molecule has 1 unspecified atom stereocenters. The van der Waals surface area contributed by atoms with Crippen LogP contribution >= 0.6 is 11.6 Å². The number of hydrogen-bond acceptors (Lipinski definition) is 2. The summed E-state index contributed by atoms with van der Waals surface area (Å²) in [6, 6.07) is 18.3. The van der Waals surface area contributed by atoms with Crippen LogP contribution < -0.4 is 5.32 Å². The Kier molecular flexibility index (Phi) is 4.59. The van der Waals surface area contributed by atoms with Crippen LogP contribution in [0.25, 0.3) is 10.9 Å². The number of rotatable bonds is 5. The molecule has 1 heterocycles. The van der Waals surface area contributed by atoms with Crippen molar-refractivity contribution in [3.63, 3.8) is 0 Å². The molecule has 0 bridgehead atoms. The van der Waals surface area contributed by atoms with Gasteiger partial charge in [0.15, 0.2) is 0 Å². The van der Waals surface area contributed by atoms with Gasteiger partial charge in [0.2, 0.25) is 0 Å². The Bertz CT molecular complexity index is 765. The molecule has 3 rings (SSSR count). The molecule has 0 saturated carbocycles. The highest BCUT2D eigenvalue weighted by atomic mass is 35.5. The number of hydrogen-bond donors (Lipinski definition) is 1. The molecule has 22 heavy (non-hydrogen) atoms. The van der Waals surface area contributed by atoms with Gasteiger partial charge in [-0.3, -0.25) is 4.98 Å². The van der Waals surface area contributed by atoms with E-state index in [1.54, 1.807) is 0 Å². The molecule has 2 aromatic carbocycles. The topological polar surface area (TPSA) is 24.9 Å². The summed E-state index contributed by atoms with van der Waals surface area (Å²) in [7, 11) is 0. The van der Waals surface area contributed by atoms with Crippen LogP contribution in [0, 0.1) is 0 Å². The Balaban J connectivity index is 1.66. The number of halogens is 1. The van der Waals surface area contributed by atoms with Crippen molar-refractivity contribution < 1.29 is 0 Å². The fourth-order valence-corrected chi connectivity index (χ4v) is 3.02. The Morgan fingerprint density at radius 2 is 1.86 bits per heavy atom. The summed E-state index contributed by atoms with van der Waals surface area (Å²) in [5.74, 6) is 0.420. The maximum Gasteiger partial charge on any atom is 0.0933 e. The van der Waals surface area contributed by atoms with Crippen molar-refractivity contribution >= 4 is 28.2 Å². The highest BCUT2D eigenvalue weighted by Crippen LogP contribution is 2.27. The number of nitrogens with one attached hydrogen (secondary N) is 1. The number of pyridine rings is 1. The van der Waals surface area contributed by atoms with Gasteiger partial charge in [-0.25, -0.2) is 0 Å². The minimum absolute atomic E-state index is 0.420. The smallest absolute Gasteiger partial charge is 0.0933 e. The third kappa shape index (κ3) is 3.23. The molecule has 0 saturated heterocycles. The lowest BCUT2D eigenvalue weighted by Crippen LogP contribution is -2.07. The Morgan fingerprint density at radius 1 is 1.05 bits per heavy atom. The van der Waals surface area contributed by atoms with E-state index >= 15 is 0 Å². The zero-order chi connectivity index (χ0) is 15.4. The Hall–Kier alpha value is -2.06. The lowest BCUT2D eigenvalue weighted by atomic mass is 9.98. The van der Waals surface area contributed by atoms with Crippen molar-refractivity contribution in [2.75, 3.05) is 11.9 Å². The van der Waals surface area contributed by atoms with E-state index < -0.39 is 0 Å². The van der Waals surface area contributed by atoms with E-state index in [0.29, 0.717) is 5.92 Å². The summed E-state index contributed by atoms with van der Waals surface area (Å²) < 4.78 is 0. The predicted molar refractivity (Wildman–Crippen MR) is 94.7 cm³/mol. The van der Waals surface area contributed by atoms with Gasteiger partial charge in [-0.15, -0.1) is 0 Å². The van der Waals surface area contributed by atoms with Crippen LogP contribution in [0.3, 0.4) is 0 Å². The van der Waals surface area contributed by atoms with Gasteiger partial charge in [0.05, 0.1) is 11.2 Å². The molecule has 0 aliphatic heterocycles. The number of fused-ring (bicyclic) bond motifs is 1. The molecular weight excluding hydrogens is 292 g/mol. The lowest BCUT2D eigenvalue weighted by Gasteiger charge is -2.15. The molecule has 112 valence electrons. The number of aromatic nitrogens is 1. The molecular formula is C19H19ClN2. The molecule has 0 spiro atoms. The summed E-state index contributed by atoms with van der Waals surface area (Å²) in [6.07, 6.45) is 2.85. The highest BCUT2D eigenvalue weighted by molar-refractivity contribution is 6.31. The molecule has 0 aliphatic carbocycles. The Morgan fingerprint density at radius 3 is 2.73 bits per heavy atom. The monoisotopic (exact) mass is 310 g/mol. The van der Waals surface area contributed by atoms with Gasteiger partial charge in [0.25, 0.3) is 0 Å². The maximum absolute atomic E-state index is 6.26. The highest BCUT2D eigenvalue weighted by Gasteiger charge is 2.09. The molecule has 1 aromatic heterocycles. The van der Waals surface area contributed by atoms with E-state index in [-0.39, 0.29) is 0 Å². The minimum atomic E-state index is 0.420. The fraction of sp³-hybridized carbons (Fsp3) is 0.211. The Labute approximate surface area is 136 Å². The molecule has 3 heteroatoms. The van der Waals surface area contributed by atoms with E-state index in [4.69, 9.17) is 11.6 Å². The largest absolute Gasteiger partial charge is 0.383 e. The van der Waals surface area contributed by atoms with Crippen molar-refractivity contribution in [2.45, 2.75) is 19.3 Å². The average Bonchev–Trinajstić information content (AvgIpc) is 2.55. The van der Waals surface area contributed by atoms with E-state index in [1.165, 1.54) is 5.56 Å². The summed E-state index contributed by atoms with van der Waals surface area (Å²) in [6.45, 7) is 3.10. The molecule has 0 fully saturated rings. The fourth-order valence-electron chi connectivity index (χ4n) is 2.70. The lowest BCUT2D eigenvalue weighted by molar-refractivity contribution is 0.706. The van der Waals surface area contributed by atoms with Gasteiger partial charge in [0.1, 0.15) is 0 Å². The van der Waals surface area contributed by atoms with Crippen LogP contribution in [0.4, 0.5) is 5.69 Å². The van der Waals surface area contributed by atoms with E-state index in [0.717, 1.165) is 34.6 Å². The normalized spacial score (nSPS) is 12.3. The van der Waals surface area contributed by atoms with Crippen molar-refractivity contribution in [1.29, 1.82) is 0 Å². The predicted octanol–water partition coefficient (Wildman–Crippen LogP) is 5.49. The van der Waals surface area contributed by atoms with Gasteiger partial charge < -0.3 is 5.32 Å². The second-order valence-electron chi connectivity index (χ2n) is 5.52. The number of nitrogens with zero attached hydrogens (tertiary/aromatic N) is 1. The van der Waals surface area contributed by atoms with Gasteiger partial charge in [-0.1, -0.05) is 54.9 Å². The van der Waals surface area contributed by atoms with Gasteiger partial charge >= 0.3 is 0 Å². The summed E-state index contributed by atoms with van der Waals surface area (Å²) >= 11 is 6.26. The SMILES string of the molecule is CC(CCNc1cccc2cccnc12)c1ccccc1Cl. The maximum atomic E-state index is 6.26. The molecule has 1 N–H and O–H groups in total. The van der Waals surface area contributed by atoms with Crippen LogP contribution in [-0.2, 0) is 0 Å². The first kappa shape index (κ1) is 14.9. The van der Waals surface area contributed by atoms with Crippen molar-refractivity contribution in [2.24, 2.45) is 0 Å². The molecule has 1 atom stereocenters. The minimum Gasteiger partial charge on any atom is -0.383 e. The standard InChI is InChI=1S/C19H19ClN2/c1-14(16-8-2-3-9-17(16)20)11-13-21-18-10-4-6-15-7-5-12-22-19(15)18/h2-10,12,14,21H,11,13H2,1H3. The second-order valence-corrected chi connectivity index (χ2v) is 5.93. The van der Waals surface area contributed by atoms with Crippen LogP contribution in [-0.4, -0.2) is 11.5 Å². The summed E-state index contributed by atoms with van der Waals surface area (Å²) in [5, 5.41) is 5.51. The molecule has 2 nitrogen and oxygen atoms in total. The first-order valence-corrected chi connectivity index (χ1v) is 7.95. The van der Waals surface area contributed by atoms with Gasteiger partial charge in [-0.05, 0) is 36.1 Å². The van der Waals surface area contributed by atoms with Crippen molar-refractivity contribution in [1.82, 2.24) is 4.98 Å².